The molecule has 0 bridgehead atoms. The lowest BCUT2D eigenvalue weighted by atomic mass is 9.88. The van der Waals surface area contributed by atoms with Gasteiger partial charge < -0.3 is 4.42 Å². The third-order valence-electron chi connectivity index (χ3n) is 4.56. The Morgan fingerprint density at radius 3 is 2.17 bits per heavy atom. The molecule has 0 atom stereocenters. The number of rotatable bonds is 6. The number of carbonyl (C=O) groups excluding carboxylic acids is 1. The number of hydrogen-bond donors (Lipinski definition) is 1. The molecule has 29 heavy (non-hydrogen) atoms. The average Bonchev–Trinajstić information content (AvgIpc) is 3.33. The quantitative estimate of drug-likeness (QED) is 0.491. The zero-order chi connectivity index (χ0) is 20.2. The molecule has 0 aliphatic carbocycles. The van der Waals surface area contributed by atoms with Crippen LogP contribution in [-0.2, 0) is 4.79 Å². The summed E-state index contributed by atoms with van der Waals surface area (Å²) in [6.07, 6.45) is 0.268. The molecule has 7 heteroatoms. The summed E-state index contributed by atoms with van der Waals surface area (Å²) in [4.78, 5) is 17.9. The van der Waals surface area contributed by atoms with Gasteiger partial charge in [0.05, 0.1) is 10.7 Å². The number of anilines is 1. The topological polar surface area (TPSA) is 80.9 Å². The van der Waals surface area contributed by atoms with E-state index in [9.17, 15) is 4.79 Å². The van der Waals surface area contributed by atoms with Gasteiger partial charge in [-0.05, 0) is 25.0 Å². The van der Waals surface area contributed by atoms with Gasteiger partial charge in [0.15, 0.2) is 0 Å². The zero-order valence-corrected chi connectivity index (χ0v) is 16.9. The van der Waals surface area contributed by atoms with Crippen LogP contribution in [0.25, 0.3) is 10.8 Å². The second-order valence-corrected chi connectivity index (χ2v) is 7.89. The fourth-order valence-electron chi connectivity index (χ4n) is 3.25. The molecule has 1 N–H and O–H groups in total. The minimum absolute atomic E-state index is 0.0637. The Labute approximate surface area is 172 Å². The molecule has 4 aromatic rings. The van der Waals surface area contributed by atoms with Crippen LogP contribution in [0.15, 0.2) is 65.1 Å². The van der Waals surface area contributed by atoms with Crippen molar-refractivity contribution < 1.29 is 9.21 Å². The Kier molecular flexibility index (Phi) is 5.48. The zero-order valence-electron chi connectivity index (χ0n) is 16.1. The average molecular weight is 404 g/mol. The van der Waals surface area contributed by atoms with Crippen LogP contribution in [0.5, 0.6) is 0 Å². The van der Waals surface area contributed by atoms with E-state index < -0.39 is 0 Å². The van der Waals surface area contributed by atoms with Gasteiger partial charge in [-0.2, -0.15) is 0 Å². The lowest BCUT2D eigenvalue weighted by Gasteiger charge is -2.17. The van der Waals surface area contributed by atoms with E-state index in [4.69, 9.17) is 4.42 Å². The number of carbonyl (C=O) groups is 1. The van der Waals surface area contributed by atoms with Crippen LogP contribution in [0, 0.1) is 13.8 Å². The summed E-state index contributed by atoms with van der Waals surface area (Å²) in [6.45, 7) is 3.82. The van der Waals surface area contributed by atoms with E-state index in [0.717, 1.165) is 26.7 Å². The molecular formula is C22H20N4O2S. The van der Waals surface area contributed by atoms with Crippen molar-refractivity contribution in [2.75, 3.05) is 5.32 Å². The van der Waals surface area contributed by atoms with Crippen molar-refractivity contribution >= 4 is 23.3 Å². The summed E-state index contributed by atoms with van der Waals surface area (Å²) in [5.41, 5.74) is 2.99. The Balaban J connectivity index is 1.51. The third-order valence-corrected chi connectivity index (χ3v) is 5.62. The van der Waals surface area contributed by atoms with Gasteiger partial charge in [-0.3, -0.25) is 10.1 Å². The van der Waals surface area contributed by atoms with E-state index in [0.29, 0.717) is 5.89 Å². The van der Waals surface area contributed by atoms with Gasteiger partial charge in [-0.15, -0.1) is 16.4 Å². The normalized spacial score (nSPS) is 11.0. The first-order chi connectivity index (χ1) is 14.1. The number of aromatic nitrogens is 3. The van der Waals surface area contributed by atoms with Gasteiger partial charge in [0.25, 0.3) is 5.89 Å². The van der Waals surface area contributed by atoms with Crippen LogP contribution in [-0.4, -0.2) is 21.1 Å². The fraction of sp³-hybridized carbons (Fsp3) is 0.182. The molecule has 0 saturated heterocycles. The monoisotopic (exact) mass is 404 g/mol. The number of hydrogen-bond acceptors (Lipinski definition) is 6. The molecule has 0 aliphatic rings. The number of thiazole rings is 1. The molecule has 2 aromatic heterocycles. The summed E-state index contributed by atoms with van der Waals surface area (Å²) < 4.78 is 5.64. The van der Waals surface area contributed by atoms with Crippen molar-refractivity contribution in [3.05, 3.63) is 82.5 Å². The number of amides is 1. The van der Waals surface area contributed by atoms with Crippen molar-refractivity contribution in [2.45, 2.75) is 26.2 Å². The molecule has 0 radical (unpaired) electrons. The highest BCUT2D eigenvalue weighted by molar-refractivity contribution is 7.15. The van der Waals surface area contributed by atoms with Crippen LogP contribution in [0.2, 0.25) is 0 Å². The fourth-order valence-corrected chi connectivity index (χ4v) is 4.09. The van der Waals surface area contributed by atoms with Gasteiger partial charge in [-0.1, -0.05) is 65.8 Å². The molecule has 0 fully saturated rings. The van der Waals surface area contributed by atoms with Gasteiger partial charge in [0.2, 0.25) is 5.91 Å². The second kappa shape index (κ2) is 8.36. The van der Waals surface area contributed by atoms with Crippen molar-refractivity contribution in [1.29, 1.82) is 0 Å². The summed E-state index contributed by atoms with van der Waals surface area (Å²) in [6, 6.07) is 20.1. The van der Waals surface area contributed by atoms with Crippen LogP contribution >= 0.6 is 11.3 Å². The van der Waals surface area contributed by atoms with Crippen molar-refractivity contribution in [3.8, 4) is 10.8 Å². The van der Waals surface area contributed by atoms with Gasteiger partial charge in [-0.25, -0.2) is 4.98 Å². The molecule has 6 nitrogen and oxygen atoms in total. The minimum atomic E-state index is -0.185. The number of benzene rings is 2. The number of nitrogens with one attached hydrogen (secondary N) is 1. The molecule has 2 heterocycles. The van der Waals surface area contributed by atoms with Crippen LogP contribution in [0.4, 0.5) is 6.01 Å². The Bertz CT molecular complexity index is 1070. The van der Waals surface area contributed by atoms with E-state index in [2.05, 4.69) is 20.5 Å². The molecule has 1 amide bonds. The third kappa shape index (κ3) is 4.41. The standard InChI is InChI=1S/C22H20N4O2S/c1-14-20(29-15(2)23-14)21-25-26-22(28-21)24-19(27)13-18(16-9-5-3-6-10-16)17-11-7-4-8-12-17/h3-12,18H,13H2,1-2H3,(H,24,26,27). The van der Waals surface area contributed by atoms with Gasteiger partial charge in [0, 0.05) is 12.3 Å². The lowest BCUT2D eigenvalue weighted by molar-refractivity contribution is -0.116. The SMILES string of the molecule is Cc1nc(C)c(-c2nnc(NC(=O)CC(c3ccccc3)c3ccccc3)o2)s1. The van der Waals surface area contributed by atoms with Crippen molar-refractivity contribution in [2.24, 2.45) is 0 Å². The summed E-state index contributed by atoms with van der Waals surface area (Å²) in [5, 5.41) is 11.7. The van der Waals surface area contributed by atoms with Gasteiger partial charge in [0.1, 0.15) is 4.88 Å². The first-order valence-electron chi connectivity index (χ1n) is 9.28. The first kappa shape index (κ1) is 19.0. The maximum absolute atomic E-state index is 12.7. The predicted molar refractivity (Wildman–Crippen MR) is 113 cm³/mol. The van der Waals surface area contributed by atoms with Gasteiger partial charge >= 0.3 is 6.01 Å². The number of nitrogens with zero attached hydrogens (tertiary/aromatic N) is 3. The molecule has 2 aromatic carbocycles. The van der Waals surface area contributed by atoms with Crippen LogP contribution < -0.4 is 5.32 Å². The van der Waals surface area contributed by atoms with Crippen molar-refractivity contribution in [3.63, 3.8) is 0 Å². The van der Waals surface area contributed by atoms with E-state index in [-0.39, 0.29) is 24.3 Å². The highest BCUT2D eigenvalue weighted by atomic mass is 32.1. The highest BCUT2D eigenvalue weighted by Crippen LogP contribution is 2.30. The molecule has 4 rings (SSSR count). The summed E-state index contributed by atoms with van der Waals surface area (Å²) in [7, 11) is 0. The predicted octanol–water partition coefficient (Wildman–Crippen LogP) is 4.97. The summed E-state index contributed by atoms with van der Waals surface area (Å²) in [5.74, 6) is 0.118. The first-order valence-corrected chi connectivity index (χ1v) is 10.1. The number of aryl methyl sites for hydroxylation is 2. The van der Waals surface area contributed by atoms with E-state index in [1.165, 1.54) is 11.3 Å². The smallest absolute Gasteiger partial charge is 0.322 e. The molecule has 0 saturated carbocycles. The summed E-state index contributed by atoms with van der Waals surface area (Å²) >= 11 is 1.48. The Morgan fingerprint density at radius 1 is 1.00 bits per heavy atom. The maximum Gasteiger partial charge on any atom is 0.322 e. The van der Waals surface area contributed by atoms with Crippen LogP contribution in [0.1, 0.15) is 34.2 Å². The van der Waals surface area contributed by atoms with Crippen molar-refractivity contribution in [1.82, 2.24) is 15.2 Å². The van der Waals surface area contributed by atoms with E-state index >= 15 is 0 Å². The molecular weight excluding hydrogens is 384 g/mol. The molecule has 146 valence electrons. The molecule has 0 aliphatic heterocycles. The molecule has 0 spiro atoms. The minimum Gasteiger partial charge on any atom is -0.402 e. The highest BCUT2D eigenvalue weighted by Gasteiger charge is 2.20. The Hall–Kier alpha value is -3.32. The van der Waals surface area contributed by atoms with E-state index in [1.54, 1.807) is 0 Å². The molecule has 0 unspecified atom stereocenters. The maximum atomic E-state index is 12.7. The van der Waals surface area contributed by atoms with E-state index in [1.807, 2.05) is 74.5 Å². The largest absolute Gasteiger partial charge is 0.402 e. The van der Waals surface area contributed by atoms with Crippen LogP contribution in [0.3, 0.4) is 0 Å². The second-order valence-electron chi connectivity index (χ2n) is 6.69. The Morgan fingerprint density at radius 2 is 1.62 bits per heavy atom. The lowest BCUT2D eigenvalue weighted by Crippen LogP contribution is -2.16.